The van der Waals surface area contributed by atoms with Crippen LogP contribution >= 0.6 is 0 Å². The molecule has 2 aromatic rings. The summed E-state index contributed by atoms with van der Waals surface area (Å²) in [4.78, 5) is 28.2. The van der Waals surface area contributed by atoms with Gasteiger partial charge in [-0.25, -0.2) is 0 Å². The van der Waals surface area contributed by atoms with Gasteiger partial charge in [-0.15, -0.1) is 0 Å². The van der Waals surface area contributed by atoms with Crippen LogP contribution in [0.1, 0.15) is 29.8 Å². The molecule has 2 N–H and O–H groups in total. The zero-order valence-corrected chi connectivity index (χ0v) is 13.1. The fraction of sp³-hybridized carbons (Fsp3) is 0.167. The maximum absolute atomic E-state index is 12.1. The van der Waals surface area contributed by atoms with E-state index in [9.17, 15) is 9.59 Å². The Kier molecular flexibility index (Phi) is 5.63. The molecular formula is C18H19N3O2. The molecule has 0 bridgehead atoms. The van der Waals surface area contributed by atoms with Crippen molar-refractivity contribution >= 4 is 23.6 Å². The van der Waals surface area contributed by atoms with Gasteiger partial charge in [-0.1, -0.05) is 18.2 Å². The van der Waals surface area contributed by atoms with Gasteiger partial charge >= 0.3 is 0 Å². The van der Waals surface area contributed by atoms with Crippen molar-refractivity contribution in [2.75, 3.05) is 5.32 Å². The Hall–Kier alpha value is -2.95. The summed E-state index contributed by atoms with van der Waals surface area (Å²) in [5, 5.41) is 5.54. The van der Waals surface area contributed by atoms with E-state index in [0.717, 1.165) is 5.56 Å². The third-order valence-corrected chi connectivity index (χ3v) is 2.96. The zero-order chi connectivity index (χ0) is 16.7. The van der Waals surface area contributed by atoms with E-state index in [2.05, 4.69) is 15.6 Å². The molecule has 118 valence electrons. The molecule has 1 heterocycles. The van der Waals surface area contributed by atoms with Crippen molar-refractivity contribution in [3.05, 3.63) is 66.0 Å². The zero-order valence-electron chi connectivity index (χ0n) is 13.1. The van der Waals surface area contributed by atoms with Crippen molar-refractivity contribution in [3.63, 3.8) is 0 Å². The predicted octanol–water partition coefficient (Wildman–Crippen LogP) is 2.87. The van der Waals surface area contributed by atoms with Gasteiger partial charge in [0.25, 0.3) is 5.91 Å². The van der Waals surface area contributed by atoms with Gasteiger partial charge in [0.1, 0.15) is 0 Å². The molecule has 2 amide bonds. The van der Waals surface area contributed by atoms with Gasteiger partial charge in [0, 0.05) is 24.5 Å². The Labute approximate surface area is 135 Å². The third-order valence-electron chi connectivity index (χ3n) is 2.96. The number of benzene rings is 1. The van der Waals surface area contributed by atoms with Gasteiger partial charge in [0.2, 0.25) is 5.91 Å². The normalized spacial score (nSPS) is 10.7. The van der Waals surface area contributed by atoms with E-state index in [1.807, 2.05) is 19.9 Å². The minimum Gasteiger partial charge on any atom is -0.350 e. The number of nitrogens with zero attached hydrogens (tertiary/aromatic N) is 1. The van der Waals surface area contributed by atoms with Crippen LogP contribution in [0.5, 0.6) is 0 Å². The molecule has 5 heteroatoms. The second-order valence-corrected chi connectivity index (χ2v) is 5.28. The smallest absolute Gasteiger partial charge is 0.253 e. The van der Waals surface area contributed by atoms with Crippen LogP contribution in [0, 0.1) is 0 Å². The summed E-state index contributed by atoms with van der Waals surface area (Å²) in [6, 6.07) is 10.6. The van der Waals surface area contributed by atoms with Crippen LogP contribution in [-0.2, 0) is 4.79 Å². The van der Waals surface area contributed by atoms with Crippen molar-refractivity contribution in [2.24, 2.45) is 0 Å². The van der Waals surface area contributed by atoms with Crippen molar-refractivity contribution in [1.29, 1.82) is 0 Å². The largest absolute Gasteiger partial charge is 0.350 e. The average molecular weight is 309 g/mol. The first-order valence-electron chi connectivity index (χ1n) is 7.35. The number of amides is 2. The first-order chi connectivity index (χ1) is 11.1. The summed E-state index contributed by atoms with van der Waals surface area (Å²) in [6.07, 6.45) is 6.40. The molecule has 0 radical (unpaired) electrons. The van der Waals surface area contributed by atoms with Crippen LogP contribution in [-0.4, -0.2) is 22.8 Å². The molecular weight excluding hydrogens is 290 g/mol. The molecule has 2 rings (SSSR count). The first kappa shape index (κ1) is 16.4. The highest BCUT2D eigenvalue weighted by Gasteiger charge is 2.12. The summed E-state index contributed by atoms with van der Waals surface area (Å²) >= 11 is 0. The van der Waals surface area contributed by atoms with Gasteiger partial charge in [0.05, 0.1) is 11.3 Å². The lowest BCUT2D eigenvalue weighted by atomic mass is 10.1. The van der Waals surface area contributed by atoms with Gasteiger partial charge in [-0.3, -0.25) is 14.6 Å². The van der Waals surface area contributed by atoms with E-state index in [-0.39, 0.29) is 17.9 Å². The number of carbonyl (C=O) groups excluding carboxylic acids is 2. The van der Waals surface area contributed by atoms with E-state index < -0.39 is 0 Å². The molecule has 0 atom stereocenters. The molecule has 0 aliphatic heterocycles. The molecule has 0 saturated heterocycles. The number of rotatable bonds is 5. The Morgan fingerprint density at radius 1 is 1.13 bits per heavy atom. The van der Waals surface area contributed by atoms with Gasteiger partial charge in [-0.2, -0.15) is 0 Å². The number of aromatic nitrogens is 1. The molecule has 0 saturated carbocycles. The summed E-state index contributed by atoms with van der Waals surface area (Å²) in [5.41, 5.74) is 1.74. The number of carbonyl (C=O) groups is 2. The summed E-state index contributed by atoms with van der Waals surface area (Å²) in [6.45, 7) is 3.77. The SMILES string of the molecule is CC(C)NC(=O)c1ccccc1NC(=O)C=Cc1cccnc1. The lowest BCUT2D eigenvalue weighted by Crippen LogP contribution is -2.30. The van der Waals surface area contributed by atoms with Crippen LogP contribution in [0.25, 0.3) is 6.08 Å². The Balaban J connectivity index is 2.09. The average Bonchev–Trinajstić information content (AvgIpc) is 2.54. The third kappa shape index (κ3) is 5.07. The maximum atomic E-state index is 12.1. The Morgan fingerprint density at radius 3 is 2.61 bits per heavy atom. The first-order valence-corrected chi connectivity index (χ1v) is 7.35. The number of hydrogen-bond donors (Lipinski definition) is 2. The van der Waals surface area contributed by atoms with Crippen molar-refractivity contribution in [1.82, 2.24) is 10.3 Å². The molecule has 0 fully saturated rings. The van der Waals surface area contributed by atoms with Crippen molar-refractivity contribution < 1.29 is 9.59 Å². The fourth-order valence-electron chi connectivity index (χ4n) is 1.95. The standard InChI is InChI=1S/C18H19N3O2/c1-13(2)20-18(23)15-7-3-4-8-16(15)21-17(22)10-9-14-6-5-11-19-12-14/h3-13H,1-2H3,(H,20,23)(H,21,22). The fourth-order valence-corrected chi connectivity index (χ4v) is 1.95. The Morgan fingerprint density at radius 2 is 1.91 bits per heavy atom. The molecule has 0 spiro atoms. The van der Waals surface area contributed by atoms with E-state index in [1.165, 1.54) is 6.08 Å². The topological polar surface area (TPSA) is 71.1 Å². The lowest BCUT2D eigenvalue weighted by molar-refractivity contribution is -0.111. The minimum absolute atomic E-state index is 0.0248. The highest BCUT2D eigenvalue weighted by molar-refractivity contribution is 6.07. The summed E-state index contributed by atoms with van der Waals surface area (Å²) in [5.74, 6) is -0.522. The van der Waals surface area contributed by atoms with Gasteiger partial charge in [-0.05, 0) is 43.7 Å². The van der Waals surface area contributed by atoms with E-state index in [4.69, 9.17) is 0 Å². The number of pyridine rings is 1. The summed E-state index contributed by atoms with van der Waals surface area (Å²) < 4.78 is 0. The molecule has 0 aliphatic carbocycles. The number of nitrogens with one attached hydrogen (secondary N) is 2. The highest BCUT2D eigenvalue weighted by atomic mass is 16.2. The number of anilines is 1. The molecule has 0 aliphatic rings. The highest BCUT2D eigenvalue weighted by Crippen LogP contribution is 2.15. The summed E-state index contributed by atoms with van der Waals surface area (Å²) in [7, 11) is 0. The van der Waals surface area contributed by atoms with E-state index in [0.29, 0.717) is 11.3 Å². The number of hydrogen-bond acceptors (Lipinski definition) is 3. The minimum atomic E-state index is -0.307. The van der Waals surface area contributed by atoms with Crippen LogP contribution in [0.2, 0.25) is 0 Å². The second kappa shape index (κ2) is 7.89. The van der Waals surface area contributed by atoms with Crippen molar-refractivity contribution in [2.45, 2.75) is 19.9 Å². The molecule has 1 aromatic carbocycles. The molecule has 23 heavy (non-hydrogen) atoms. The molecule has 5 nitrogen and oxygen atoms in total. The van der Waals surface area contributed by atoms with Crippen LogP contribution in [0.4, 0.5) is 5.69 Å². The second-order valence-electron chi connectivity index (χ2n) is 5.28. The van der Waals surface area contributed by atoms with Crippen LogP contribution in [0.3, 0.4) is 0 Å². The van der Waals surface area contributed by atoms with Gasteiger partial charge in [0.15, 0.2) is 0 Å². The van der Waals surface area contributed by atoms with Gasteiger partial charge < -0.3 is 10.6 Å². The van der Waals surface area contributed by atoms with E-state index >= 15 is 0 Å². The van der Waals surface area contributed by atoms with Crippen LogP contribution in [0.15, 0.2) is 54.9 Å². The van der Waals surface area contributed by atoms with Crippen LogP contribution < -0.4 is 10.6 Å². The number of para-hydroxylation sites is 1. The lowest BCUT2D eigenvalue weighted by Gasteiger charge is -2.12. The molecule has 0 unspecified atom stereocenters. The Bertz CT molecular complexity index is 709. The quantitative estimate of drug-likeness (QED) is 0.834. The molecule has 1 aromatic heterocycles. The maximum Gasteiger partial charge on any atom is 0.253 e. The van der Waals surface area contributed by atoms with Crippen molar-refractivity contribution in [3.8, 4) is 0 Å². The van der Waals surface area contributed by atoms with E-state index in [1.54, 1.807) is 48.8 Å². The predicted molar refractivity (Wildman–Crippen MR) is 90.9 cm³/mol. The monoisotopic (exact) mass is 309 g/mol.